The molecule has 140 valence electrons. The Kier molecular flexibility index (Phi) is 6.05. The van der Waals surface area contributed by atoms with E-state index in [2.05, 4.69) is 15.2 Å². The number of aromatic nitrogens is 1. The molecule has 1 fully saturated rings. The molecule has 1 aromatic heterocycles. The summed E-state index contributed by atoms with van der Waals surface area (Å²) in [6, 6.07) is 0.293. The summed E-state index contributed by atoms with van der Waals surface area (Å²) in [5.74, 6) is -6.17. The number of nitrogens with zero attached hydrogens (tertiary/aromatic N) is 3. The number of thiazole rings is 1. The zero-order chi connectivity index (χ0) is 18.7. The van der Waals surface area contributed by atoms with Crippen LogP contribution in [0.15, 0.2) is 17.6 Å². The van der Waals surface area contributed by atoms with Gasteiger partial charge in [-0.15, -0.1) is 11.3 Å². The molecule has 10 heteroatoms. The lowest BCUT2D eigenvalue weighted by Crippen LogP contribution is -2.38. The molecule has 4 nitrogen and oxygen atoms in total. The van der Waals surface area contributed by atoms with Gasteiger partial charge in [-0.3, -0.25) is 4.90 Å². The molecular weight excluding hydrogens is 388 g/mol. The Bertz CT molecular complexity index is 785. The average Bonchev–Trinajstić information content (AvgIpc) is 3.01. The molecule has 0 aliphatic carbocycles. The van der Waals surface area contributed by atoms with Gasteiger partial charge < -0.3 is 10.2 Å². The number of rotatable bonds is 3. The zero-order valence-corrected chi connectivity index (χ0v) is 15.3. The Hall–Kier alpha value is -1.78. The summed E-state index contributed by atoms with van der Waals surface area (Å²) in [4.78, 5) is 8.24. The molecule has 0 spiro atoms. The maximum Gasteiger partial charge on any atom is 0.196 e. The second kappa shape index (κ2) is 8.28. The monoisotopic (exact) mass is 404 g/mol. The maximum absolute atomic E-state index is 13.8. The average molecular weight is 404 g/mol. The minimum atomic E-state index is -1.73. The molecule has 1 saturated heterocycles. The first-order valence-corrected chi connectivity index (χ1v) is 9.24. The highest BCUT2D eigenvalue weighted by Gasteiger charge is 2.23. The van der Waals surface area contributed by atoms with Crippen molar-refractivity contribution in [1.82, 2.24) is 14.8 Å². The molecule has 1 aromatic carbocycles. The molecule has 0 atom stereocenters. The van der Waals surface area contributed by atoms with E-state index >= 15 is 0 Å². The highest BCUT2D eigenvalue weighted by molar-refractivity contribution is 7.80. The molecule has 0 bridgehead atoms. The molecule has 3 rings (SSSR count). The lowest BCUT2D eigenvalue weighted by atomic mass is 10.2. The highest BCUT2D eigenvalue weighted by Crippen LogP contribution is 2.24. The number of hydrogen-bond acceptors (Lipinski definition) is 4. The van der Waals surface area contributed by atoms with Gasteiger partial charge in [0.25, 0.3) is 0 Å². The van der Waals surface area contributed by atoms with Crippen molar-refractivity contribution in [3.8, 4) is 0 Å². The van der Waals surface area contributed by atoms with Gasteiger partial charge in [0, 0.05) is 43.8 Å². The molecule has 0 amide bonds. The summed E-state index contributed by atoms with van der Waals surface area (Å²) >= 11 is 6.79. The van der Waals surface area contributed by atoms with Crippen molar-refractivity contribution in [2.45, 2.75) is 13.0 Å². The zero-order valence-electron chi connectivity index (χ0n) is 13.6. The third kappa shape index (κ3) is 4.30. The van der Waals surface area contributed by atoms with E-state index in [4.69, 9.17) is 12.2 Å². The van der Waals surface area contributed by atoms with E-state index < -0.39 is 29.0 Å². The van der Waals surface area contributed by atoms with Crippen molar-refractivity contribution in [2.24, 2.45) is 0 Å². The molecule has 2 heterocycles. The largest absolute Gasteiger partial charge is 0.348 e. The van der Waals surface area contributed by atoms with Crippen LogP contribution < -0.4 is 5.32 Å². The van der Waals surface area contributed by atoms with E-state index in [1.165, 1.54) is 0 Å². The van der Waals surface area contributed by atoms with Crippen molar-refractivity contribution in [1.29, 1.82) is 0 Å². The molecule has 1 aliphatic rings. The summed E-state index contributed by atoms with van der Waals surface area (Å²) in [6.45, 7) is 3.41. The molecule has 1 N–H and O–H groups in total. The Morgan fingerprint density at radius 3 is 2.65 bits per heavy atom. The topological polar surface area (TPSA) is 31.4 Å². The predicted octanol–water partition coefficient (Wildman–Crippen LogP) is 3.60. The molecule has 1 aliphatic heterocycles. The van der Waals surface area contributed by atoms with Crippen molar-refractivity contribution < 1.29 is 17.6 Å². The molecule has 26 heavy (non-hydrogen) atoms. The van der Waals surface area contributed by atoms with Gasteiger partial charge in [0.2, 0.25) is 0 Å². The number of anilines is 1. The van der Waals surface area contributed by atoms with Gasteiger partial charge in [-0.05, 0) is 18.6 Å². The van der Waals surface area contributed by atoms with Gasteiger partial charge in [0.05, 0.1) is 6.54 Å². The fourth-order valence-corrected chi connectivity index (χ4v) is 3.66. The highest BCUT2D eigenvalue weighted by atomic mass is 32.1. The van der Waals surface area contributed by atoms with Crippen LogP contribution in [0.2, 0.25) is 0 Å². The van der Waals surface area contributed by atoms with E-state index in [1.54, 1.807) is 22.4 Å². The second-order valence-electron chi connectivity index (χ2n) is 5.82. The van der Waals surface area contributed by atoms with Crippen LogP contribution in [0, 0.1) is 23.3 Å². The molecule has 0 radical (unpaired) electrons. The minimum Gasteiger partial charge on any atom is -0.348 e. The van der Waals surface area contributed by atoms with E-state index in [0.29, 0.717) is 25.7 Å². The summed E-state index contributed by atoms with van der Waals surface area (Å²) in [5, 5.41) is 5.39. The smallest absolute Gasteiger partial charge is 0.196 e. The standard InChI is InChI=1S/C16H16F4N4S2/c17-10-8-11(18)15(14(20)13(10)19)22-16(25)24-4-1-3-23(5-6-24)9-12-21-2-7-26-12/h2,7-8H,1,3-6,9H2,(H,22,25). The number of halogens is 4. The van der Waals surface area contributed by atoms with Crippen LogP contribution in [0.5, 0.6) is 0 Å². The van der Waals surface area contributed by atoms with Crippen molar-refractivity contribution in [3.63, 3.8) is 0 Å². The Morgan fingerprint density at radius 2 is 1.92 bits per heavy atom. The molecule has 2 aromatic rings. The van der Waals surface area contributed by atoms with Gasteiger partial charge in [-0.1, -0.05) is 0 Å². The lowest BCUT2D eigenvalue weighted by Gasteiger charge is -2.24. The van der Waals surface area contributed by atoms with Gasteiger partial charge in [0.1, 0.15) is 10.7 Å². The Morgan fingerprint density at radius 1 is 1.12 bits per heavy atom. The summed E-state index contributed by atoms with van der Waals surface area (Å²) in [6.07, 6.45) is 2.56. The van der Waals surface area contributed by atoms with Gasteiger partial charge in [-0.25, -0.2) is 22.5 Å². The van der Waals surface area contributed by atoms with E-state index in [0.717, 1.165) is 24.5 Å². The van der Waals surface area contributed by atoms with Crippen LogP contribution in [0.25, 0.3) is 0 Å². The Balaban J connectivity index is 1.63. The van der Waals surface area contributed by atoms with E-state index in [-0.39, 0.29) is 5.11 Å². The number of benzene rings is 1. The second-order valence-corrected chi connectivity index (χ2v) is 7.18. The molecule has 0 saturated carbocycles. The Labute approximate surface area is 157 Å². The molecule has 0 unspecified atom stereocenters. The normalized spacial score (nSPS) is 15.8. The minimum absolute atomic E-state index is 0.0740. The lowest BCUT2D eigenvalue weighted by molar-refractivity contribution is 0.278. The summed E-state index contributed by atoms with van der Waals surface area (Å²) in [5.41, 5.74) is -0.780. The SMILES string of the molecule is Fc1cc(F)c(NC(=S)N2CCCN(Cc3nccs3)CC2)c(F)c1F. The number of nitrogens with one attached hydrogen (secondary N) is 1. The predicted molar refractivity (Wildman–Crippen MR) is 96.1 cm³/mol. The first-order valence-electron chi connectivity index (χ1n) is 7.95. The van der Waals surface area contributed by atoms with Crippen LogP contribution in [-0.2, 0) is 6.54 Å². The van der Waals surface area contributed by atoms with Crippen LogP contribution >= 0.6 is 23.6 Å². The fraction of sp³-hybridized carbons (Fsp3) is 0.375. The number of thiocarbonyl (C=S) groups is 1. The summed E-state index contributed by atoms with van der Waals surface area (Å²) in [7, 11) is 0. The van der Waals surface area contributed by atoms with Crippen LogP contribution in [0.3, 0.4) is 0 Å². The van der Waals surface area contributed by atoms with E-state index in [9.17, 15) is 17.6 Å². The van der Waals surface area contributed by atoms with Crippen LogP contribution in [0.4, 0.5) is 23.2 Å². The number of hydrogen-bond donors (Lipinski definition) is 1. The maximum atomic E-state index is 13.8. The summed E-state index contributed by atoms with van der Waals surface area (Å²) < 4.78 is 53.9. The van der Waals surface area contributed by atoms with Crippen molar-refractivity contribution in [2.75, 3.05) is 31.5 Å². The van der Waals surface area contributed by atoms with Gasteiger partial charge in [-0.2, -0.15) is 0 Å². The quantitative estimate of drug-likeness (QED) is 0.366. The fourth-order valence-electron chi connectivity index (χ4n) is 2.72. The van der Waals surface area contributed by atoms with Crippen molar-refractivity contribution in [3.05, 3.63) is 45.9 Å². The third-order valence-electron chi connectivity index (χ3n) is 4.06. The third-order valence-corrected chi connectivity index (χ3v) is 5.19. The van der Waals surface area contributed by atoms with Gasteiger partial charge >= 0.3 is 0 Å². The van der Waals surface area contributed by atoms with Crippen molar-refractivity contribution >= 4 is 34.4 Å². The first kappa shape index (κ1) is 19.0. The van der Waals surface area contributed by atoms with Crippen LogP contribution in [0.1, 0.15) is 11.4 Å². The van der Waals surface area contributed by atoms with Crippen LogP contribution in [-0.4, -0.2) is 46.1 Å². The van der Waals surface area contributed by atoms with Gasteiger partial charge in [0.15, 0.2) is 28.4 Å². The first-order chi connectivity index (χ1) is 12.5. The van der Waals surface area contributed by atoms with E-state index in [1.807, 2.05) is 5.38 Å². The molecular formula is C16H16F4N4S2.